The molecule has 13 heteroatoms. The Morgan fingerprint density at radius 2 is 1.71 bits per heavy atom. The molecule has 4 rings (SSSR count). The maximum absolute atomic E-state index is 13.2. The molecule has 2 saturated heterocycles. The number of carbonyl (C=O) groups is 3. The van der Waals surface area contributed by atoms with Crippen molar-refractivity contribution < 1.29 is 19.6 Å². The van der Waals surface area contributed by atoms with E-state index in [-0.39, 0.29) is 48.6 Å². The lowest BCUT2D eigenvalue weighted by molar-refractivity contribution is -0.144. The zero-order chi connectivity index (χ0) is 32.7. The van der Waals surface area contributed by atoms with E-state index in [2.05, 4.69) is 15.4 Å². The summed E-state index contributed by atoms with van der Waals surface area (Å²) in [5.41, 5.74) is 1.54. The number of benzene rings is 2. The predicted molar refractivity (Wildman–Crippen MR) is 179 cm³/mol. The normalized spacial score (nSPS) is 19.0. The van der Waals surface area contributed by atoms with Gasteiger partial charge in [0.15, 0.2) is 0 Å². The lowest BCUT2D eigenvalue weighted by Gasteiger charge is -2.42. The zero-order valence-corrected chi connectivity index (χ0v) is 28.5. The second-order valence-corrected chi connectivity index (χ2v) is 13.4. The van der Waals surface area contributed by atoms with Gasteiger partial charge in [0.05, 0.1) is 22.3 Å². The summed E-state index contributed by atoms with van der Waals surface area (Å²) in [5.74, 6) is -0.932. The SMILES string of the molecule is CNC(=O)C[C@H]1CCCN(C2CCN(CC[C@H](/C(CN(C)C(=O)c3cc(Cl)cc(Cl)c3)=N/O)c3ccc(Cl)c(Cl)c3)CC2)C1=O. The molecule has 2 fully saturated rings. The van der Waals surface area contributed by atoms with Crippen molar-refractivity contribution in [2.45, 2.75) is 50.5 Å². The molecule has 0 bridgehead atoms. The number of rotatable bonds is 11. The molecule has 2 aliphatic heterocycles. The summed E-state index contributed by atoms with van der Waals surface area (Å²) in [4.78, 5) is 44.1. The summed E-state index contributed by atoms with van der Waals surface area (Å²) in [6.07, 6.45) is 4.18. The first-order valence-corrected chi connectivity index (χ1v) is 16.6. The number of piperidine rings is 2. The maximum Gasteiger partial charge on any atom is 0.254 e. The standard InChI is InChI=1S/C32H39Cl4N5O4/c1-37-30(42)17-21-4-3-10-41(32(21)44)25-7-11-40(12-8-25)13-9-26(20-5-6-27(35)28(36)16-20)29(38-45)19-39(2)31(43)22-14-23(33)18-24(34)15-22/h5-6,14-16,18,21,25-26,45H,3-4,7-13,17,19H2,1-2H3,(H,37,42)/b38-29+/t21-,26+/m1/s1. The van der Waals surface area contributed by atoms with Crippen LogP contribution in [0.1, 0.15) is 60.4 Å². The molecule has 0 aliphatic carbocycles. The van der Waals surface area contributed by atoms with E-state index < -0.39 is 0 Å². The van der Waals surface area contributed by atoms with Crippen LogP contribution in [-0.4, -0.2) is 96.2 Å². The molecule has 2 aromatic rings. The van der Waals surface area contributed by atoms with Gasteiger partial charge in [-0.15, -0.1) is 0 Å². The third-order valence-electron chi connectivity index (χ3n) is 8.76. The number of amides is 3. The number of oxime groups is 1. The van der Waals surface area contributed by atoms with Crippen LogP contribution in [0.4, 0.5) is 0 Å². The third kappa shape index (κ3) is 9.26. The minimum Gasteiger partial charge on any atom is -0.411 e. The molecule has 45 heavy (non-hydrogen) atoms. The molecule has 0 aromatic heterocycles. The average Bonchev–Trinajstić information content (AvgIpc) is 3.02. The quantitative estimate of drug-likeness (QED) is 0.165. The van der Waals surface area contributed by atoms with Gasteiger partial charge in [-0.3, -0.25) is 14.4 Å². The number of nitrogens with zero attached hydrogens (tertiary/aromatic N) is 4. The molecule has 0 unspecified atom stereocenters. The minimum absolute atomic E-state index is 0.0563. The Morgan fingerprint density at radius 1 is 1.02 bits per heavy atom. The lowest BCUT2D eigenvalue weighted by Crippen LogP contribution is -2.52. The molecule has 3 amide bonds. The van der Waals surface area contributed by atoms with Crippen molar-refractivity contribution in [3.05, 3.63) is 67.6 Å². The van der Waals surface area contributed by atoms with Crippen molar-refractivity contribution in [3.63, 3.8) is 0 Å². The fourth-order valence-electron chi connectivity index (χ4n) is 6.30. The van der Waals surface area contributed by atoms with Crippen LogP contribution in [0, 0.1) is 5.92 Å². The molecule has 9 nitrogen and oxygen atoms in total. The number of nitrogens with one attached hydrogen (secondary N) is 1. The van der Waals surface area contributed by atoms with E-state index in [1.807, 2.05) is 11.0 Å². The molecule has 0 spiro atoms. The number of hydrogen-bond donors (Lipinski definition) is 2. The molecule has 2 atom stereocenters. The fraction of sp³-hybridized carbons (Fsp3) is 0.500. The van der Waals surface area contributed by atoms with Gasteiger partial charge in [0.2, 0.25) is 11.8 Å². The number of hydrogen-bond acceptors (Lipinski definition) is 6. The Hall–Kier alpha value is -2.56. The molecule has 2 aromatic carbocycles. The van der Waals surface area contributed by atoms with Crippen LogP contribution in [0.2, 0.25) is 20.1 Å². The van der Waals surface area contributed by atoms with Gasteiger partial charge in [-0.05, 0) is 74.5 Å². The first-order valence-electron chi connectivity index (χ1n) is 15.1. The molecular weight excluding hydrogens is 660 g/mol. The Kier molecular flexibility index (Phi) is 12.8. The van der Waals surface area contributed by atoms with Gasteiger partial charge in [0.25, 0.3) is 5.91 Å². The summed E-state index contributed by atoms with van der Waals surface area (Å²) >= 11 is 24.8. The maximum atomic E-state index is 13.2. The Morgan fingerprint density at radius 3 is 2.33 bits per heavy atom. The van der Waals surface area contributed by atoms with Crippen molar-refractivity contribution in [2.75, 3.05) is 46.8 Å². The number of carbonyl (C=O) groups excluding carboxylic acids is 3. The smallest absolute Gasteiger partial charge is 0.254 e. The molecule has 2 heterocycles. The van der Waals surface area contributed by atoms with Gasteiger partial charge in [0.1, 0.15) is 0 Å². The van der Waals surface area contributed by atoms with Crippen LogP contribution in [0.5, 0.6) is 0 Å². The molecule has 244 valence electrons. The lowest BCUT2D eigenvalue weighted by atomic mass is 9.89. The van der Waals surface area contributed by atoms with E-state index in [0.29, 0.717) is 44.3 Å². The molecule has 2 aliphatic rings. The van der Waals surface area contributed by atoms with Crippen molar-refractivity contribution in [1.29, 1.82) is 0 Å². The van der Waals surface area contributed by atoms with Gasteiger partial charge >= 0.3 is 0 Å². The summed E-state index contributed by atoms with van der Waals surface area (Å²) in [5, 5.41) is 18.0. The molecule has 2 N–H and O–H groups in total. The van der Waals surface area contributed by atoms with E-state index in [1.165, 1.54) is 4.90 Å². The zero-order valence-electron chi connectivity index (χ0n) is 25.4. The molecule has 0 saturated carbocycles. The van der Waals surface area contributed by atoms with Crippen LogP contribution >= 0.6 is 46.4 Å². The van der Waals surface area contributed by atoms with Crippen LogP contribution in [0.15, 0.2) is 41.6 Å². The fourth-order valence-corrected chi connectivity index (χ4v) is 7.13. The van der Waals surface area contributed by atoms with Gasteiger partial charge in [-0.2, -0.15) is 0 Å². The second kappa shape index (κ2) is 16.3. The minimum atomic E-state index is -0.352. The van der Waals surface area contributed by atoms with Crippen LogP contribution in [-0.2, 0) is 9.59 Å². The summed E-state index contributed by atoms with van der Waals surface area (Å²) in [6, 6.07) is 10.1. The largest absolute Gasteiger partial charge is 0.411 e. The molecule has 0 radical (unpaired) electrons. The summed E-state index contributed by atoms with van der Waals surface area (Å²) in [6.45, 7) is 3.10. The van der Waals surface area contributed by atoms with E-state index in [9.17, 15) is 19.6 Å². The third-order valence-corrected chi connectivity index (χ3v) is 9.93. The highest BCUT2D eigenvalue weighted by Gasteiger charge is 2.36. The Balaban J connectivity index is 1.42. The van der Waals surface area contributed by atoms with E-state index >= 15 is 0 Å². The van der Waals surface area contributed by atoms with E-state index in [0.717, 1.165) is 50.9 Å². The van der Waals surface area contributed by atoms with Crippen LogP contribution in [0.3, 0.4) is 0 Å². The van der Waals surface area contributed by atoms with E-state index in [1.54, 1.807) is 44.4 Å². The van der Waals surface area contributed by atoms with Crippen molar-refractivity contribution in [1.82, 2.24) is 20.0 Å². The molecular formula is C32H39Cl4N5O4. The van der Waals surface area contributed by atoms with E-state index in [4.69, 9.17) is 46.4 Å². The highest BCUT2D eigenvalue weighted by Crippen LogP contribution is 2.31. The average molecular weight is 700 g/mol. The topological polar surface area (TPSA) is 106 Å². The number of halogens is 4. The first kappa shape index (κ1) is 35.3. The van der Waals surface area contributed by atoms with Crippen LogP contribution in [0.25, 0.3) is 0 Å². The number of likely N-dealkylation sites (tertiary alicyclic amines) is 2. The van der Waals surface area contributed by atoms with Gasteiger partial charge in [-0.1, -0.05) is 57.6 Å². The summed E-state index contributed by atoms with van der Waals surface area (Å²) in [7, 11) is 3.22. The van der Waals surface area contributed by atoms with Gasteiger partial charge in [0, 0.05) is 73.6 Å². The second-order valence-electron chi connectivity index (χ2n) is 11.7. The van der Waals surface area contributed by atoms with Gasteiger partial charge < -0.3 is 25.2 Å². The Labute approximate surface area is 284 Å². The summed E-state index contributed by atoms with van der Waals surface area (Å²) < 4.78 is 0. The highest BCUT2D eigenvalue weighted by atomic mass is 35.5. The van der Waals surface area contributed by atoms with Crippen molar-refractivity contribution in [2.24, 2.45) is 11.1 Å². The first-order chi connectivity index (χ1) is 21.5. The highest BCUT2D eigenvalue weighted by molar-refractivity contribution is 6.42. The monoisotopic (exact) mass is 697 g/mol. The Bertz CT molecular complexity index is 1400. The predicted octanol–water partition coefficient (Wildman–Crippen LogP) is 6.22. The van der Waals surface area contributed by atoms with Crippen molar-refractivity contribution >= 4 is 69.8 Å². The van der Waals surface area contributed by atoms with Crippen molar-refractivity contribution in [3.8, 4) is 0 Å². The van der Waals surface area contributed by atoms with Gasteiger partial charge in [-0.25, -0.2) is 0 Å². The van der Waals surface area contributed by atoms with Crippen LogP contribution < -0.4 is 5.32 Å².